The van der Waals surface area contributed by atoms with Gasteiger partial charge in [0.05, 0.1) is 29.6 Å². The molecule has 0 saturated carbocycles. The Balaban J connectivity index is 2.28. The molecule has 6 heteroatoms. The lowest BCUT2D eigenvalue weighted by molar-refractivity contribution is -0.161. The Labute approximate surface area is 181 Å². The van der Waals surface area contributed by atoms with Gasteiger partial charge in [-0.05, 0) is 32.1 Å². The number of rotatable bonds is 2. The SMILES string of the molecule is CO[C@H]1CC(=O)O[C@H](C(C)=O)C[C@@H]2O[C@]2(C)CCC[C@H](C)[C@H](C)[C@@H](C)C(=O)C1(C)C. The van der Waals surface area contributed by atoms with Gasteiger partial charge in [0.1, 0.15) is 5.78 Å². The lowest BCUT2D eigenvalue weighted by Gasteiger charge is -2.36. The maximum absolute atomic E-state index is 13.4. The molecule has 30 heavy (non-hydrogen) atoms. The van der Waals surface area contributed by atoms with Crippen molar-refractivity contribution in [3.05, 3.63) is 0 Å². The van der Waals surface area contributed by atoms with Gasteiger partial charge in [-0.2, -0.15) is 0 Å². The second-order valence-corrected chi connectivity index (χ2v) is 10.3. The fourth-order valence-electron chi connectivity index (χ4n) is 4.81. The van der Waals surface area contributed by atoms with Crippen molar-refractivity contribution in [1.82, 2.24) is 0 Å². The number of esters is 1. The number of epoxide rings is 1. The summed E-state index contributed by atoms with van der Waals surface area (Å²) in [7, 11) is 1.51. The first-order chi connectivity index (χ1) is 13.8. The van der Waals surface area contributed by atoms with E-state index in [1.807, 2.05) is 20.8 Å². The monoisotopic (exact) mass is 424 g/mol. The molecule has 0 aliphatic carbocycles. The topological polar surface area (TPSA) is 82.2 Å². The summed E-state index contributed by atoms with van der Waals surface area (Å²) in [6.45, 7) is 13.5. The fourth-order valence-corrected chi connectivity index (χ4v) is 4.81. The van der Waals surface area contributed by atoms with Gasteiger partial charge < -0.3 is 14.2 Å². The number of Topliss-reactive ketones (excluding diaryl/α,β-unsaturated/α-hetero) is 2. The van der Waals surface area contributed by atoms with Gasteiger partial charge in [-0.25, -0.2) is 0 Å². The van der Waals surface area contributed by atoms with Crippen molar-refractivity contribution in [3.63, 3.8) is 0 Å². The summed E-state index contributed by atoms with van der Waals surface area (Å²) in [6, 6.07) is 0. The molecule has 6 nitrogen and oxygen atoms in total. The van der Waals surface area contributed by atoms with E-state index in [-0.39, 0.29) is 41.5 Å². The van der Waals surface area contributed by atoms with Crippen LogP contribution < -0.4 is 0 Å². The summed E-state index contributed by atoms with van der Waals surface area (Å²) in [6.07, 6.45) is 1.69. The zero-order chi connectivity index (χ0) is 22.9. The third kappa shape index (κ3) is 5.50. The molecule has 2 aliphatic heterocycles. The average molecular weight is 425 g/mol. The highest BCUT2D eigenvalue weighted by Crippen LogP contribution is 2.44. The summed E-state index contributed by atoms with van der Waals surface area (Å²) in [5, 5.41) is 0. The van der Waals surface area contributed by atoms with Gasteiger partial charge in [-0.15, -0.1) is 0 Å². The van der Waals surface area contributed by atoms with E-state index in [0.717, 1.165) is 19.3 Å². The van der Waals surface area contributed by atoms with Crippen LogP contribution in [0, 0.1) is 23.2 Å². The molecule has 2 rings (SSSR count). The number of hydrogen-bond acceptors (Lipinski definition) is 6. The van der Waals surface area contributed by atoms with E-state index >= 15 is 0 Å². The standard InChI is InChI=1S/C24H40O6/c1-14-10-9-11-24(7)20(30-24)12-18(17(4)25)29-21(26)13-19(28-8)23(5,6)22(27)16(3)15(14)2/h14-16,18-20H,9-13H2,1-8H3/t14-,15-,16+,18-,19-,20-,24+/m0/s1. The Morgan fingerprint density at radius 3 is 2.33 bits per heavy atom. The second-order valence-electron chi connectivity index (χ2n) is 10.3. The van der Waals surface area contributed by atoms with Crippen molar-refractivity contribution in [3.8, 4) is 0 Å². The summed E-state index contributed by atoms with van der Waals surface area (Å²) in [5.74, 6) is -0.158. The highest BCUT2D eigenvalue weighted by Gasteiger charge is 2.53. The van der Waals surface area contributed by atoms with Crippen molar-refractivity contribution < 1.29 is 28.6 Å². The van der Waals surface area contributed by atoms with Crippen molar-refractivity contribution in [1.29, 1.82) is 0 Å². The Hall–Kier alpha value is -1.27. The van der Waals surface area contributed by atoms with Crippen LogP contribution in [0.2, 0.25) is 0 Å². The zero-order valence-electron chi connectivity index (χ0n) is 19.9. The van der Waals surface area contributed by atoms with Crippen LogP contribution in [0.25, 0.3) is 0 Å². The van der Waals surface area contributed by atoms with Gasteiger partial charge >= 0.3 is 5.97 Å². The Morgan fingerprint density at radius 2 is 1.77 bits per heavy atom. The molecule has 7 atom stereocenters. The minimum atomic E-state index is -0.845. The van der Waals surface area contributed by atoms with Gasteiger partial charge in [0.25, 0.3) is 0 Å². The Bertz CT molecular complexity index is 656. The molecule has 0 bridgehead atoms. The van der Waals surface area contributed by atoms with Crippen molar-refractivity contribution >= 4 is 17.5 Å². The summed E-state index contributed by atoms with van der Waals surface area (Å²) < 4.78 is 17.0. The predicted octanol–water partition coefficient (Wildman–Crippen LogP) is 4.13. The van der Waals surface area contributed by atoms with Crippen LogP contribution in [0.3, 0.4) is 0 Å². The zero-order valence-corrected chi connectivity index (χ0v) is 19.9. The maximum Gasteiger partial charge on any atom is 0.309 e. The van der Waals surface area contributed by atoms with E-state index in [9.17, 15) is 14.4 Å². The fraction of sp³-hybridized carbons (Fsp3) is 0.875. The van der Waals surface area contributed by atoms with Crippen LogP contribution in [0.15, 0.2) is 0 Å². The van der Waals surface area contributed by atoms with Crippen LogP contribution >= 0.6 is 0 Å². The minimum Gasteiger partial charge on any atom is -0.454 e. The highest BCUT2D eigenvalue weighted by atomic mass is 16.6. The molecule has 0 spiro atoms. The molecule has 2 fully saturated rings. The first kappa shape index (κ1) is 25.0. The van der Waals surface area contributed by atoms with Crippen LogP contribution in [0.5, 0.6) is 0 Å². The van der Waals surface area contributed by atoms with Crippen LogP contribution in [0.1, 0.15) is 80.6 Å². The van der Waals surface area contributed by atoms with Crippen molar-refractivity contribution in [2.45, 2.75) is 104 Å². The first-order valence-corrected chi connectivity index (χ1v) is 11.3. The number of fused-ring (bicyclic) bond motifs is 1. The number of hydrogen-bond donors (Lipinski definition) is 0. The van der Waals surface area contributed by atoms with Gasteiger partial charge in [-0.3, -0.25) is 14.4 Å². The summed E-state index contributed by atoms with van der Waals surface area (Å²) in [5.41, 5.74) is -1.11. The van der Waals surface area contributed by atoms with Gasteiger partial charge in [0, 0.05) is 19.4 Å². The smallest absolute Gasteiger partial charge is 0.309 e. The molecule has 2 aliphatic rings. The Morgan fingerprint density at radius 1 is 1.13 bits per heavy atom. The van der Waals surface area contributed by atoms with Gasteiger partial charge in [-0.1, -0.05) is 47.5 Å². The lowest BCUT2D eigenvalue weighted by Crippen LogP contribution is -2.45. The molecule has 2 heterocycles. The molecule has 0 radical (unpaired) electrons. The number of carbonyl (C=O) groups is 3. The number of methoxy groups -OCH3 is 1. The van der Waals surface area contributed by atoms with E-state index < -0.39 is 23.6 Å². The van der Waals surface area contributed by atoms with E-state index in [4.69, 9.17) is 14.2 Å². The molecule has 0 aromatic carbocycles. The normalized spacial score (nSPS) is 40.9. The third-order valence-electron chi connectivity index (χ3n) is 7.70. The van der Waals surface area contributed by atoms with Gasteiger partial charge in [0.15, 0.2) is 11.9 Å². The molecule has 0 unspecified atom stereocenters. The van der Waals surface area contributed by atoms with E-state index in [1.54, 1.807) is 0 Å². The van der Waals surface area contributed by atoms with Crippen LogP contribution in [-0.4, -0.2) is 48.6 Å². The van der Waals surface area contributed by atoms with E-state index in [1.165, 1.54) is 14.0 Å². The molecule has 0 aromatic heterocycles. The molecule has 0 aromatic rings. The van der Waals surface area contributed by atoms with E-state index in [0.29, 0.717) is 12.3 Å². The van der Waals surface area contributed by atoms with Crippen molar-refractivity contribution in [2.24, 2.45) is 23.2 Å². The number of ether oxygens (including phenoxy) is 3. The lowest BCUT2D eigenvalue weighted by atomic mass is 9.70. The molecule has 0 N–H and O–H groups in total. The maximum atomic E-state index is 13.4. The molecule has 2 saturated heterocycles. The third-order valence-corrected chi connectivity index (χ3v) is 7.70. The quantitative estimate of drug-likeness (QED) is 0.490. The number of cyclic esters (lactones) is 1. The molecular weight excluding hydrogens is 384 g/mol. The van der Waals surface area contributed by atoms with Crippen molar-refractivity contribution in [2.75, 3.05) is 7.11 Å². The highest BCUT2D eigenvalue weighted by molar-refractivity contribution is 5.88. The Kier molecular flexibility index (Phi) is 7.89. The summed E-state index contributed by atoms with van der Waals surface area (Å²) in [4.78, 5) is 38.1. The second kappa shape index (κ2) is 9.47. The van der Waals surface area contributed by atoms with Crippen LogP contribution in [-0.2, 0) is 28.6 Å². The summed E-state index contributed by atoms with van der Waals surface area (Å²) >= 11 is 0. The molecular formula is C24H40O6. The van der Waals surface area contributed by atoms with E-state index in [2.05, 4.69) is 20.8 Å². The largest absolute Gasteiger partial charge is 0.454 e. The predicted molar refractivity (Wildman–Crippen MR) is 114 cm³/mol. The molecule has 0 amide bonds. The first-order valence-electron chi connectivity index (χ1n) is 11.3. The van der Waals surface area contributed by atoms with Gasteiger partial charge in [0.2, 0.25) is 0 Å². The average Bonchev–Trinajstić information content (AvgIpc) is 3.31. The number of ketones is 2. The minimum absolute atomic E-state index is 0.0710. The molecule has 172 valence electrons. The number of carbonyl (C=O) groups excluding carboxylic acids is 3. The van der Waals surface area contributed by atoms with Crippen LogP contribution in [0.4, 0.5) is 0 Å².